The van der Waals surface area contributed by atoms with Crippen LogP contribution in [0.15, 0.2) is 97.5 Å². The second-order valence-corrected chi connectivity index (χ2v) is 10.7. The fraction of sp³-hybridized carbons (Fsp3) is 0.206. The molecule has 0 saturated carbocycles. The maximum absolute atomic E-state index is 12.6. The van der Waals surface area contributed by atoms with E-state index in [2.05, 4.69) is 42.5 Å². The summed E-state index contributed by atoms with van der Waals surface area (Å²) in [5.41, 5.74) is 7.32. The van der Waals surface area contributed by atoms with E-state index in [0.717, 1.165) is 72.0 Å². The number of piperazine rings is 1. The SMILES string of the molecule is CC(=O)Nc1ccc(CC(=O)Nc2ccc(-c3ccc4ncc(N5CCN(Cc6cccnc6)CC5)nc4c3)cc2)cc1. The molecule has 0 bridgehead atoms. The molecule has 1 fully saturated rings. The van der Waals surface area contributed by atoms with E-state index in [-0.39, 0.29) is 18.2 Å². The molecular formula is C34H33N7O2. The van der Waals surface area contributed by atoms with Crippen LogP contribution < -0.4 is 15.5 Å². The first-order valence-corrected chi connectivity index (χ1v) is 14.4. The Bertz CT molecular complexity index is 1720. The maximum Gasteiger partial charge on any atom is 0.228 e. The largest absolute Gasteiger partial charge is 0.353 e. The summed E-state index contributed by atoms with van der Waals surface area (Å²) >= 11 is 0. The van der Waals surface area contributed by atoms with E-state index >= 15 is 0 Å². The van der Waals surface area contributed by atoms with Gasteiger partial charge in [0, 0.05) is 63.4 Å². The van der Waals surface area contributed by atoms with Gasteiger partial charge in [-0.1, -0.05) is 36.4 Å². The van der Waals surface area contributed by atoms with Crippen molar-refractivity contribution in [2.45, 2.75) is 19.9 Å². The van der Waals surface area contributed by atoms with Gasteiger partial charge in [-0.15, -0.1) is 0 Å². The number of anilines is 3. The Labute approximate surface area is 250 Å². The predicted molar refractivity (Wildman–Crippen MR) is 170 cm³/mol. The average molecular weight is 572 g/mol. The van der Waals surface area contributed by atoms with Crippen molar-refractivity contribution in [3.05, 3.63) is 109 Å². The summed E-state index contributed by atoms with van der Waals surface area (Å²) in [5, 5.41) is 5.69. The molecule has 0 radical (unpaired) electrons. The highest BCUT2D eigenvalue weighted by Gasteiger charge is 2.19. The minimum Gasteiger partial charge on any atom is -0.353 e. The number of rotatable bonds is 8. The van der Waals surface area contributed by atoms with Gasteiger partial charge >= 0.3 is 0 Å². The van der Waals surface area contributed by atoms with E-state index < -0.39 is 0 Å². The lowest BCUT2D eigenvalue weighted by atomic mass is 10.0. The van der Waals surface area contributed by atoms with Crippen molar-refractivity contribution in [2.75, 3.05) is 41.7 Å². The van der Waals surface area contributed by atoms with E-state index in [0.29, 0.717) is 5.69 Å². The Hall–Kier alpha value is -5.15. The third-order valence-corrected chi connectivity index (χ3v) is 7.50. The van der Waals surface area contributed by atoms with Crippen LogP contribution in [0.5, 0.6) is 0 Å². The first kappa shape index (κ1) is 28.0. The number of amides is 2. The molecule has 1 aliphatic heterocycles. The van der Waals surface area contributed by atoms with E-state index in [1.54, 1.807) is 12.1 Å². The number of benzene rings is 3. The summed E-state index contributed by atoms with van der Waals surface area (Å²) in [4.78, 5) is 42.4. The van der Waals surface area contributed by atoms with Gasteiger partial charge < -0.3 is 15.5 Å². The number of carbonyl (C=O) groups is 2. The van der Waals surface area contributed by atoms with Gasteiger partial charge in [0.15, 0.2) is 0 Å². The first-order valence-electron chi connectivity index (χ1n) is 14.4. The van der Waals surface area contributed by atoms with Gasteiger partial charge in [-0.05, 0) is 64.7 Å². The minimum atomic E-state index is -0.127. The van der Waals surface area contributed by atoms with Gasteiger partial charge in [0.2, 0.25) is 11.8 Å². The number of hydrogen-bond acceptors (Lipinski definition) is 7. The summed E-state index contributed by atoms with van der Waals surface area (Å²) in [6, 6.07) is 25.3. The van der Waals surface area contributed by atoms with Gasteiger partial charge in [0.1, 0.15) is 5.82 Å². The van der Waals surface area contributed by atoms with Crippen LogP contribution >= 0.6 is 0 Å². The van der Waals surface area contributed by atoms with Gasteiger partial charge in [0.25, 0.3) is 0 Å². The van der Waals surface area contributed by atoms with E-state index in [4.69, 9.17) is 4.98 Å². The summed E-state index contributed by atoms with van der Waals surface area (Å²) in [6.07, 6.45) is 5.85. The van der Waals surface area contributed by atoms with Crippen molar-refractivity contribution < 1.29 is 9.59 Å². The molecule has 5 aromatic rings. The Kier molecular flexibility index (Phi) is 8.33. The highest BCUT2D eigenvalue weighted by Crippen LogP contribution is 2.26. The number of carbonyl (C=O) groups excluding carboxylic acids is 2. The third-order valence-electron chi connectivity index (χ3n) is 7.50. The third kappa shape index (κ3) is 7.20. The van der Waals surface area contributed by atoms with Crippen LogP contribution in [-0.4, -0.2) is 57.8 Å². The first-order chi connectivity index (χ1) is 21.0. The normalized spacial score (nSPS) is 13.6. The molecule has 9 heteroatoms. The smallest absolute Gasteiger partial charge is 0.228 e. The molecule has 2 N–H and O–H groups in total. The molecule has 0 aliphatic carbocycles. The van der Waals surface area contributed by atoms with Crippen LogP contribution in [0, 0.1) is 0 Å². The van der Waals surface area contributed by atoms with Crippen molar-refractivity contribution >= 4 is 40.0 Å². The van der Waals surface area contributed by atoms with Crippen molar-refractivity contribution in [3.63, 3.8) is 0 Å². The molecule has 0 spiro atoms. The molecule has 216 valence electrons. The second kappa shape index (κ2) is 12.8. The fourth-order valence-corrected chi connectivity index (χ4v) is 5.26. The van der Waals surface area contributed by atoms with Crippen LogP contribution in [0.4, 0.5) is 17.2 Å². The second-order valence-electron chi connectivity index (χ2n) is 10.7. The number of aromatic nitrogens is 3. The lowest BCUT2D eigenvalue weighted by Crippen LogP contribution is -2.46. The lowest BCUT2D eigenvalue weighted by molar-refractivity contribution is -0.116. The molecule has 6 rings (SSSR count). The van der Waals surface area contributed by atoms with E-state index in [1.807, 2.05) is 73.2 Å². The fourth-order valence-electron chi connectivity index (χ4n) is 5.26. The zero-order valence-electron chi connectivity index (χ0n) is 24.0. The zero-order chi connectivity index (χ0) is 29.6. The predicted octanol–water partition coefficient (Wildman–Crippen LogP) is 5.15. The van der Waals surface area contributed by atoms with Crippen molar-refractivity contribution in [1.29, 1.82) is 0 Å². The molecule has 0 atom stereocenters. The van der Waals surface area contributed by atoms with Crippen LogP contribution in [0.25, 0.3) is 22.2 Å². The highest BCUT2D eigenvalue weighted by atomic mass is 16.2. The lowest BCUT2D eigenvalue weighted by Gasteiger charge is -2.35. The summed E-state index contributed by atoms with van der Waals surface area (Å²) in [5.74, 6) is 0.664. The van der Waals surface area contributed by atoms with Crippen molar-refractivity contribution in [1.82, 2.24) is 19.9 Å². The van der Waals surface area contributed by atoms with Crippen molar-refractivity contribution in [3.8, 4) is 11.1 Å². The van der Waals surface area contributed by atoms with Crippen LogP contribution in [0.3, 0.4) is 0 Å². The molecule has 3 heterocycles. The molecular weight excluding hydrogens is 538 g/mol. The van der Waals surface area contributed by atoms with Gasteiger partial charge in [-0.3, -0.25) is 24.5 Å². The molecule has 1 aliphatic rings. The Morgan fingerprint density at radius 2 is 1.49 bits per heavy atom. The molecule has 3 aromatic carbocycles. The quantitative estimate of drug-likeness (QED) is 0.265. The Morgan fingerprint density at radius 3 is 2.21 bits per heavy atom. The zero-order valence-corrected chi connectivity index (χ0v) is 24.0. The number of nitrogens with zero attached hydrogens (tertiary/aromatic N) is 5. The molecule has 43 heavy (non-hydrogen) atoms. The monoisotopic (exact) mass is 571 g/mol. The molecule has 9 nitrogen and oxygen atoms in total. The van der Waals surface area contributed by atoms with Gasteiger partial charge in [-0.2, -0.15) is 0 Å². The molecule has 2 aromatic heterocycles. The Balaban J connectivity index is 1.07. The minimum absolute atomic E-state index is 0.105. The number of pyridine rings is 1. The maximum atomic E-state index is 12.6. The number of fused-ring (bicyclic) bond motifs is 1. The van der Waals surface area contributed by atoms with Gasteiger partial charge in [0.05, 0.1) is 23.7 Å². The standard InChI is InChI=1S/C34H33N7O2/c1-24(42)37-29-9-4-25(5-10-29)19-34(43)38-30-11-6-27(7-12-30)28-8-13-31-32(20-28)39-33(22-36-31)41-17-15-40(16-18-41)23-26-3-2-14-35-21-26/h2-14,20-22H,15-19,23H2,1H3,(H,37,42)(H,38,43). The van der Waals surface area contributed by atoms with Crippen LogP contribution in [0.2, 0.25) is 0 Å². The average Bonchev–Trinajstić information content (AvgIpc) is 3.02. The molecule has 1 saturated heterocycles. The highest BCUT2D eigenvalue weighted by molar-refractivity contribution is 5.93. The number of hydrogen-bond donors (Lipinski definition) is 2. The molecule has 0 unspecified atom stereocenters. The molecule has 2 amide bonds. The number of nitrogens with one attached hydrogen (secondary N) is 2. The van der Waals surface area contributed by atoms with Crippen molar-refractivity contribution in [2.24, 2.45) is 0 Å². The summed E-state index contributed by atoms with van der Waals surface area (Å²) < 4.78 is 0. The summed E-state index contributed by atoms with van der Waals surface area (Å²) in [7, 11) is 0. The van der Waals surface area contributed by atoms with Crippen LogP contribution in [0.1, 0.15) is 18.1 Å². The van der Waals surface area contributed by atoms with Crippen LogP contribution in [-0.2, 0) is 22.6 Å². The topological polar surface area (TPSA) is 103 Å². The van der Waals surface area contributed by atoms with E-state index in [9.17, 15) is 9.59 Å². The van der Waals surface area contributed by atoms with Gasteiger partial charge in [-0.25, -0.2) is 4.98 Å². The van der Waals surface area contributed by atoms with E-state index in [1.165, 1.54) is 12.5 Å². The summed E-state index contributed by atoms with van der Waals surface area (Å²) in [6.45, 7) is 6.09. The Morgan fingerprint density at radius 1 is 0.767 bits per heavy atom.